The number of carbonyl (C=O) groups is 1. The van der Waals surface area contributed by atoms with Crippen molar-refractivity contribution in [2.45, 2.75) is 175 Å². The number of amides is 1. The molecule has 0 aromatic carbocycles. The van der Waals surface area contributed by atoms with Crippen molar-refractivity contribution in [2.75, 3.05) is 86.9 Å². The van der Waals surface area contributed by atoms with Crippen molar-refractivity contribution in [2.24, 2.45) is 27.7 Å². The standard InChI is InChI=1S/C18H24ClN7OS.C18H34N2O4S.C9H7Cl2N5S.C9H18N2O.CH4.HI/c1-10-14(20)18(9-27-10)3-6-26(7-4-18)12-8-24-17(16(22)25-12)28-11-2-5-23-15(21)13(11)19;1-13-14(19-25(22)17(5,6)7)18(12-23-13)8-10-20(11-9-18)15(21)24-16(2,3)4;10-5-3-15-9(8(13)16-5)17-4-1-2-14-7(12)6(4)11;1-7-8(10)9(6-12-7)2-4-11-5-3-9;;/h2,5,8,10,14H,3-4,6-7,9,20H2,1H3,(H2,21,23)(H2,22,25);13-14,19H,8-12H2,1-7H3;1-3H,(H2,12,14)(H2,13,16);7-8,11H,2-6,10H2,1H3;1H4;1H/t10-,14+;13-,14+,25+;;7-,8+;;/m00.0../s1. The van der Waals surface area contributed by atoms with Gasteiger partial charge in [0.15, 0.2) is 11.6 Å². The number of aromatic nitrogens is 6. The van der Waals surface area contributed by atoms with Gasteiger partial charge >= 0.3 is 6.09 Å². The summed E-state index contributed by atoms with van der Waals surface area (Å²) < 4.78 is 38.4. The number of piperidine rings is 3. The maximum absolute atomic E-state index is 12.6. The van der Waals surface area contributed by atoms with E-state index in [2.05, 4.69) is 58.7 Å². The maximum Gasteiger partial charge on any atom is 0.410 e. The number of ether oxygens (including phenoxy) is 4. The zero-order valence-corrected chi connectivity index (χ0v) is 55.8. The summed E-state index contributed by atoms with van der Waals surface area (Å²) in [6, 6.07) is 3.87. The summed E-state index contributed by atoms with van der Waals surface area (Å²) in [7, 11) is -1.14. The van der Waals surface area contributed by atoms with Crippen molar-refractivity contribution in [1.82, 2.24) is 44.8 Å². The first-order chi connectivity index (χ1) is 38.6. The molecule has 7 atom stereocenters. The van der Waals surface area contributed by atoms with Crippen LogP contribution in [0.2, 0.25) is 15.2 Å². The van der Waals surface area contributed by atoms with E-state index in [0.29, 0.717) is 55.9 Å². The third kappa shape index (κ3) is 17.8. The van der Waals surface area contributed by atoms with Gasteiger partial charge in [0.1, 0.15) is 38.3 Å². The Bertz CT molecular complexity index is 2840. The van der Waals surface area contributed by atoms with Crippen molar-refractivity contribution in [3.05, 3.63) is 52.1 Å². The lowest BCUT2D eigenvalue weighted by Gasteiger charge is -2.43. The molecule has 0 saturated carbocycles. The highest BCUT2D eigenvalue weighted by Crippen LogP contribution is 2.45. The largest absolute Gasteiger partial charge is 0.444 e. The predicted octanol–water partition coefficient (Wildman–Crippen LogP) is 8.87. The lowest BCUT2D eigenvalue weighted by Crippen LogP contribution is -2.55. The van der Waals surface area contributed by atoms with Gasteiger partial charge in [-0.05, 0) is 126 Å². The Morgan fingerprint density at radius 3 is 1.60 bits per heavy atom. The van der Waals surface area contributed by atoms with Crippen LogP contribution in [0, 0.1) is 16.2 Å². The Morgan fingerprint density at radius 1 is 0.690 bits per heavy atom. The number of pyridine rings is 2. The number of nitrogens with two attached hydrogens (primary N) is 6. The normalized spacial score (nSPS) is 24.3. The van der Waals surface area contributed by atoms with Crippen LogP contribution in [0.15, 0.2) is 56.8 Å². The Balaban J connectivity index is 0.000000212. The number of hydrogen-bond donors (Lipinski definition) is 8. The molecule has 1 amide bonds. The van der Waals surface area contributed by atoms with Crippen LogP contribution >= 0.6 is 82.3 Å². The molecule has 3 spiro atoms. The summed E-state index contributed by atoms with van der Waals surface area (Å²) in [5, 5.41) is 5.47. The smallest absolute Gasteiger partial charge is 0.410 e. The highest BCUT2D eigenvalue weighted by molar-refractivity contribution is 14.0. The van der Waals surface area contributed by atoms with Gasteiger partial charge in [-0.2, -0.15) is 0 Å². The molecule has 29 heteroatoms. The van der Waals surface area contributed by atoms with Gasteiger partial charge in [0.2, 0.25) is 0 Å². The number of nitrogens with zero attached hydrogens (tertiary/aromatic N) is 8. The number of rotatable bonds is 7. The summed E-state index contributed by atoms with van der Waals surface area (Å²) in [5.41, 5.74) is 35.5. The SMILES string of the molecule is C.C[C@@H]1OCC2(CCN(C(=O)OC(C)(C)C)CC2)[C@@H]1N[S@](=O)C(C)(C)C.C[C@@H]1OCC2(CCN(c3cnc(Sc4ccnc(N)c4Cl)c(N)n3)CC2)[C@@H]1N.C[C@@H]1OCC2(CCNCC2)[C@@H]1N.I.Nc1nc(Cl)cnc1Sc1ccnc(N)c1Cl. The molecule has 470 valence electrons. The van der Waals surface area contributed by atoms with E-state index >= 15 is 0 Å². The molecule has 6 aliphatic heterocycles. The zero-order chi connectivity index (χ0) is 60.0. The average Bonchev–Trinajstić information content (AvgIpc) is 2.61. The second-order valence-electron chi connectivity index (χ2n) is 23.9. The Hall–Kier alpha value is -3.10. The molecule has 4 aromatic rings. The molecule has 0 aliphatic carbocycles. The minimum absolute atomic E-state index is 0. The van der Waals surface area contributed by atoms with Crippen molar-refractivity contribution in [3.63, 3.8) is 0 Å². The third-order valence-corrected chi connectivity index (χ3v) is 20.9. The van der Waals surface area contributed by atoms with E-state index in [0.717, 1.165) is 75.8 Å². The van der Waals surface area contributed by atoms with Crippen LogP contribution in [-0.2, 0) is 29.9 Å². The van der Waals surface area contributed by atoms with Gasteiger partial charge < -0.3 is 68.5 Å². The van der Waals surface area contributed by atoms with Crippen LogP contribution in [0.1, 0.15) is 108 Å². The summed E-state index contributed by atoms with van der Waals surface area (Å²) in [6.45, 7) is 25.2. The van der Waals surface area contributed by atoms with Gasteiger partial charge in [0, 0.05) is 76.7 Å². The number of nitrogen functional groups attached to an aromatic ring is 4. The molecule has 10 rings (SSSR count). The Labute approximate surface area is 538 Å². The van der Waals surface area contributed by atoms with Crippen LogP contribution in [0.5, 0.6) is 0 Å². The molecule has 6 fully saturated rings. The number of halogens is 4. The Kier molecular flexibility index (Phi) is 25.9. The molecule has 6 aliphatic rings. The maximum atomic E-state index is 12.6. The highest BCUT2D eigenvalue weighted by Gasteiger charge is 2.52. The molecule has 0 bridgehead atoms. The van der Waals surface area contributed by atoms with Gasteiger partial charge in [-0.1, -0.05) is 65.8 Å². The van der Waals surface area contributed by atoms with Crippen LogP contribution in [0.25, 0.3) is 0 Å². The first-order valence-corrected chi connectivity index (χ1v) is 31.5. The highest BCUT2D eigenvalue weighted by atomic mass is 127. The van der Waals surface area contributed by atoms with Crippen LogP contribution in [-0.4, -0.2) is 151 Å². The molecule has 0 unspecified atom stereocenters. The lowest BCUT2D eigenvalue weighted by molar-refractivity contribution is 0.00647. The van der Waals surface area contributed by atoms with E-state index < -0.39 is 16.6 Å². The fraction of sp³-hybridized carbons (Fsp3) is 0.655. The first kappa shape index (κ1) is 71.7. The fourth-order valence-electron chi connectivity index (χ4n) is 10.8. The number of likely N-dealkylation sites (tertiary alicyclic amines) is 1. The topological polar surface area (TPSA) is 335 Å². The van der Waals surface area contributed by atoms with E-state index in [1.165, 1.54) is 42.6 Å². The van der Waals surface area contributed by atoms with Crippen molar-refractivity contribution < 1.29 is 28.0 Å². The zero-order valence-electron chi connectivity index (χ0n) is 48.8. The van der Waals surface area contributed by atoms with E-state index in [4.69, 9.17) is 88.2 Å². The minimum Gasteiger partial charge on any atom is -0.444 e. The summed E-state index contributed by atoms with van der Waals surface area (Å²) >= 11 is 20.4. The lowest BCUT2D eigenvalue weighted by atomic mass is 9.73. The fourth-order valence-corrected chi connectivity index (χ4v) is 14.0. The van der Waals surface area contributed by atoms with E-state index in [1.54, 1.807) is 35.6 Å². The summed E-state index contributed by atoms with van der Waals surface area (Å²) in [6.07, 6.45) is 12.4. The molecule has 4 aromatic heterocycles. The van der Waals surface area contributed by atoms with Gasteiger partial charge in [-0.15, -0.1) is 24.0 Å². The molecule has 6 saturated heterocycles. The molecule has 10 heterocycles. The van der Waals surface area contributed by atoms with Gasteiger partial charge in [-0.25, -0.2) is 43.6 Å². The monoisotopic (exact) mass is 1400 g/mol. The predicted molar refractivity (Wildman–Crippen MR) is 351 cm³/mol. The average molecular weight is 1400 g/mol. The summed E-state index contributed by atoms with van der Waals surface area (Å²) in [4.78, 5) is 42.6. The summed E-state index contributed by atoms with van der Waals surface area (Å²) in [5.74, 6) is 1.92. The second-order valence-corrected chi connectivity index (χ2v) is 29.1. The van der Waals surface area contributed by atoms with Gasteiger partial charge in [-0.3, -0.25) is 0 Å². The molecule has 0 radical (unpaired) electrons. The van der Waals surface area contributed by atoms with Crippen molar-refractivity contribution >= 4 is 128 Å². The van der Waals surface area contributed by atoms with Gasteiger partial charge in [0.05, 0.1) is 82.3 Å². The molecule has 84 heavy (non-hydrogen) atoms. The quantitative estimate of drug-likeness (QED) is 0.0801. The number of nitrogens with one attached hydrogen (secondary N) is 2. The first-order valence-electron chi connectivity index (χ1n) is 27.6. The molecular weight excluding hydrogens is 1310 g/mol. The number of hydrogen-bond acceptors (Lipinski definition) is 22. The van der Waals surface area contributed by atoms with Crippen LogP contribution in [0.4, 0.5) is 33.9 Å². The molecule has 22 nitrogen and oxygen atoms in total. The Morgan fingerprint density at radius 2 is 1.14 bits per heavy atom. The minimum atomic E-state index is -1.14. The second kappa shape index (κ2) is 30.4. The van der Waals surface area contributed by atoms with E-state index in [9.17, 15) is 9.00 Å². The van der Waals surface area contributed by atoms with Gasteiger partial charge in [0.25, 0.3) is 0 Å². The van der Waals surface area contributed by atoms with Crippen molar-refractivity contribution in [1.29, 1.82) is 0 Å². The number of carbonyl (C=O) groups excluding carboxylic acids is 1. The van der Waals surface area contributed by atoms with Crippen LogP contribution in [0.3, 0.4) is 0 Å². The molecule has 14 N–H and O–H groups in total. The van der Waals surface area contributed by atoms with Crippen LogP contribution < -0.4 is 49.3 Å². The number of anilines is 5. The molecular formula is C55H88Cl3IN16O6S3. The van der Waals surface area contributed by atoms with E-state index in [-0.39, 0.29) is 112 Å². The van der Waals surface area contributed by atoms with Crippen molar-refractivity contribution in [3.8, 4) is 0 Å². The third-order valence-electron chi connectivity index (χ3n) is 16.0. The van der Waals surface area contributed by atoms with E-state index in [1.807, 2.05) is 48.5 Å².